The van der Waals surface area contributed by atoms with E-state index in [4.69, 9.17) is 11.5 Å². The number of anilines is 2. The summed E-state index contributed by atoms with van der Waals surface area (Å²) in [6.45, 7) is 8.77. The zero-order valence-corrected chi connectivity index (χ0v) is 20.0. The molecular weight excluding hydrogens is 400 g/mol. The van der Waals surface area contributed by atoms with Crippen LogP contribution in [0.15, 0.2) is 91.0 Å². The van der Waals surface area contributed by atoms with Gasteiger partial charge in [-0.1, -0.05) is 107 Å². The molecule has 4 aromatic carbocycles. The van der Waals surface area contributed by atoms with Crippen molar-refractivity contribution in [1.82, 2.24) is 0 Å². The summed E-state index contributed by atoms with van der Waals surface area (Å²) >= 11 is 0. The summed E-state index contributed by atoms with van der Waals surface area (Å²) in [4.78, 5) is 0. The number of hydrogen-bond acceptors (Lipinski definition) is 2. The minimum atomic E-state index is 0.103. The molecule has 0 aliphatic rings. The lowest BCUT2D eigenvalue weighted by Gasteiger charge is -2.23. The van der Waals surface area contributed by atoms with Crippen molar-refractivity contribution >= 4 is 11.4 Å². The van der Waals surface area contributed by atoms with Crippen molar-refractivity contribution in [2.24, 2.45) is 0 Å². The highest BCUT2D eigenvalue weighted by atomic mass is 14.6. The van der Waals surface area contributed by atoms with E-state index in [1.165, 1.54) is 38.9 Å². The third-order valence-corrected chi connectivity index (χ3v) is 6.48. The zero-order valence-electron chi connectivity index (χ0n) is 20.0. The highest BCUT2D eigenvalue weighted by Gasteiger charge is 2.20. The Bertz CT molecular complexity index is 1160. The van der Waals surface area contributed by atoms with Gasteiger partial charge in [0, 0.05) is 17.3 Å². The summed E-state index contributed by atoms with van der Waals surface area (Å²) in [5.74, 6) is 0.832. The maximum absolute atomic E-state index is 6.32. The normalized spacial score (nSPS) is 11.5. The largest absolute Gasteiger partial charge is 0.398 e. The van der Waals surface area contributed by atoms with E-state index in [0.717, 1.165) is 11.4 Å². The molecule has 2 heteroatoms. The molecule has 33 heavy (non-hydrogen) atoms. The van der Waals surface area contributed by atoms with Crippen LogP contribution in [0, 0.1) is 0 Å². The van der Waals surface area contributed by atoms with Crippen LogP contribution >= 0.6 is 0 Å². The second-order valence-electron chi connectivity index (χ2n) is 9.51. The SMILES string of the molecule is CC(C)c1cc(C(c2ccc(-c3ccccc3)cc2)c2ccc(N)c(C(C)C)c2)ccc1N. The fourth-order valence-electron chi connectivity index (χ4n) is 4.62. The molecule has 0 bridgehead atoms. The summed E-state index contributed by atoms with van der Waals surface area (Å²) in [5, 5.41) is 0. The van der Waals surface area contributed by atoms with Crippen LogP contribution in [0.3, 0.4) is 0 Å². The highest BCUT2D eigenvalue weighted by molar-refractivity contribution is 5.64. The number of rotatable bonds is 6. The quantitative estimate of drug-likeness (QED) is 0.239. The topological polar surface area (TPSA) is 52.0 Å². The Morgan fingerprint density at radius 1 is 0.485 bits per heavy atom. The molecule has 0 aliphatic heterocycles. The van der Waals surface area contributed by atoms with Gasteiger partial charge in [0.15, 0.2) is 0 Å². The predicted octanol–water partition coefficient (Wildman–Crippen LogP) is 7.95. The minimum absolute atomic E-state index is 0.103. The third-order valence-electron chi connectivity index (χ3n) is 6.48. The Labute approximate surface area is 198 Å². The molecule has 0 radical (unpaired) electrons. The van der Waals surface area contributed by atoms with Crippen molar-refractivity contribution in [2.45, 2.75) is 45.4 Å². The highest BCUT2D eigenvalue weighted by Crippen LogP contribution is 2.38. The molecule has 4 N–H and O–H groups in total. The van der Waals surface area contributed by atoms with Crippen LogP contribution in [-0.4, -0.2) is 0 Å². The number of nitrogens with two attached hydrogens (primary N) is 2. The molecule has 0 fully saturated rings. The van der Waals surface area contributed by atoms with Crippen molar-refractivity contribution in [1.29, 1.82) is 0 Å². The van der Waals surface area contributed by atoms with Crippen LogP contribution in [0.5, 0.6) is 0 Å². The molecule has 0 spiro atoms. The van der Waals surface area contributed by atoms with Gasteiger partial charge < -0.3 is 11.5 Å². The van der Waals surface area contributed by atoms with Crippen molar-refractivity contribution in [3.8, 4) is 11.1 Å². The maximum Gasteiger partial charge on any atom is 0.0349 e. The minimum Gasteiger partial charge on any atom is -0.398 e. The van der Waals surface area contributed by atoms with E-state index in [0.29, 0.717) is 11.8 Å². The van der Waals surface area contributed by atoms with Gasteiger partial charge in [0.2, 0.25) is 0 Å². The lowest BCUT2D eigenvalue weighted by atomic mass is 9.81. The average molecular weight is 435 g/mol. The second kappa shape index (κ2) is 9.54. The van der Waals surface area contributed by atoms with Gasteiger partial charge in [-0.15, -0.1) is 0 Å². The summed E-state index contributed by atoms with van der Waals surface area (Å²) in [6.07, 6.45) is 0. The molecule has 168 valence electrons. The van der Waals surface area contributed by atoms with Gasteiger partial charge in [-0.3, -0.25) is 0 Å². The van der Waals surface area contributed by atoms with Crippen LogP contribution in [0.1, 0.15) is 73.3 Å². The molecule has 0 amide bonds. The van der Waals surface area contributed by atoms with Gasteiger partial charge in [-0.25, -0.2) is 0 Å². The van der Waals surface area contributed by atoms with Crippen molar-refractivity contribution < 1.29 is 0 Å². The van der Waals surface area contributed by atoms with Crippen LogP contribution in [-0.2, 0) is 0 Å². The van der Waals surface area contributed by atoms with E-state index >= 15 is 0 Å². The van der Waals surface area contributed by atoms with E-state index in [9.17, 15) is 0 Å². The van der Waals surface area contributed by atoms with Gasteiger partial charge in [-0.2, -0.15) is 0 Å². The average Bonchev–Trinajstić information content (AvgIpc) is 2.82. The van der Waals surface area contributed by atoms with Crippen molar-refractivity contribution in [3.05, 3.63) is 119 Å². The Morgan fingerprint density at radius 2 is 0.909 bits per heavy atom. The first kappa shape index (κ1) is 22.7. The molecule has 0 saturated heterocycles. The number of hydrogen-bond donors (Lipinski definition) is 2. The first-order chi connectivity index (χ1) is 15.8. The summed E-state index contributed by atoms with van der Waals surface area (Å²) in [7, 11) is 0. The molecule has 0 heterocycles. The predicted molar refractivity (Wildman–Crippen MR) is 143 cm³/mol. The molecule has 0 saturated carbocycles. The van der Waals surface area contributed by atoms with Gasteiger partial charge in [0.25, 0.3) is 0 Å². The summed E-state index contributed by atoms with van der Waals surface area (Å²) in [6, 6.07) is 32.5. The Kier molecular flexibility index (Phi) is 6.55. The molecule has 0 atom stereocenters. The second-order valence-corrected chi connectivity index (χ2v) is 9.51. The smallest absolute Gasteiger partial charge is 0.0349 e. The molecule has 0 aromatic heterocycles. The van der Waals surface area contributed by atoms with E-state index in [1.54, 1.807) is 0 Å². The van der Waals surface area contributed by atoms with E-state index in [1.807, 2.05) is 0 Å². The molecular formula is C31H34N2. The lowest BCUT2D eigenvalue weighted by Crippen LogP contribution is -2.08. The van der Waals surface area contributed by atoms with Crippen LogP contribution in [0.4, 0.5) is 11.4 Å². The fraction of sp³-hybridized carbons (Fsp3) is 0.226. The molecule has 0 aliphatic carbocycles. The van der Waals surface area contributed by atoms with Gasteiger partial charge in [0.05, 0.1) is 0 Å². The lowest BCUT2D eigenvalue weighted by molar-refractivity contribution is 0.853. The number of nitrogen functional groups attached to an aromatic ring is 2. The van der Waals surface area contributed by atoms with E-state index in [2.05, 4.69) is 119 Å². The van der Waals surface area contributed by atoms with E-state index in [-0.39, 0.29) is 5.92 Å². The van der Waals surface area contributed by atoms with Gasteiger partial charge >= 0.3 is 0 Å². The fourth-order valence-corrected chi connectivity index (χ4v) is 4.62. The van der Waals surface area contributed by atoms with Crippen LogP contribution in [0.25, 0.3) is 11.1 Å². The van der Waals surface area contributed by atoms with Gasteiger partial charge in [-0.05, 0) is 62.9 Å². The number of benzene rings is 4. The zero-order chi connectivity index (χ0) is 23.5. The molecule has 4 aromatic rings. The Morgan fingerprint density at radius 3 is 1.36 bits per heavy atom. The van der Waals surface area contributed by atoms with Crippen molar-refractivity contribution in [2.75, 3.05) is 11.5 Å². The first-order valence-electron chi connectivity index (χ1n) is 11.8. The summed E-state index contributed by atoms with van der Waals surface area (Å²) < 4.78 is 0. The summed E-state index contributed by atoms with van der Waals surface area (Å²) in [5.41, 5.74) is 22.9. The van der Waals surface area contributed by atoms with Crippen LogP contribution < -0.4 is 11.5 Å². The molecule has 4 rings (SSSR count). The monoisotopic (exact) mass is 434 g/mol. The van der Waals surface area contributed by atoms with E-state index < -0.39 is 0 Å². The van der Waals surface area contributed by atoms with Crippen molar-refractivity contribution in [3.63, 3.8) is 0 Å². The first-order valence-corrected chi connectivity index (χ1v) is 11.8. The van der Waals surface area contributed by atoms with Gasteiger partial charge in [0.1, 0.15) is 0 Å². The maximum atomic E-state index is 6.32. The third kappa shape index (κ3) is 4.80. The standard InChI is InChI=1S/C31H34N2/c1-20(2)27-18-25(14-16-29(27)32)31(26-15-17-30(33)28(19-26)21(3)4)24-12-10-23(11-13-24)22-8-6-5-7-9-22/h5-21,31H,32-33H2,1-4H3. The molecule has 2 nitrogen and oxygen atoms in total. The Balaban J connectivity index is 1.85. The Hall–Kier alpha value is -3.52. The molecule has 0 unspecified atom stereocenters. The van der Waals surface area contributed by atoms with Crippen LogP contribution in [0.2, 0.25) is 0 Å².